The normalized spacial score (nSPS) is 16.7. The zero-order valence-electron chi connectivity index (χ0n) is 13.3. The molecule has 0 saturated carbocycles. The second-order valence-corrected chi connectivity index (χ2v) is 7.79. The molecule has 1 aliphatic heterocycles. The Morgan fingerprint density at radius 1 is 0.913 bits per heavy atom. The van der Waals surface area contributed by atoms with E-state index in [1.165, 1.54) is 11.1 Å². The zero-order valence-corrected chi connectivity index (χ0v) is 14.1. The Hall–Kier alpha value is -1.91. The SMILES string of the molecule is Cc1ccc(S(=O)(=O)N2CCC=C(c3ccccc3)CC2)cc1. The molecule has 0 bridgehead atoms. The minimum atomic E-state index is -3.41. The van der Waals surface area contributed by atoms with Gasteiger partial charge in [-0.05, 0) is 43.0 Å². The standard InChI is InChI=1S/C19H21NO2S/c1-16-9-11-19(12-10-16)23(21,22)20-14-5-8-18(13-15-20)17-6-3-2-4-7-17/h2-4,6-12H,5,13-15H2,1H3. The highest BCUT2D eigenvalue weighted by molar-refractivity contribution is 7.89. The fraction of sp³-hybridized carbons (Fsp3) is 0.263. The van der Waals surface area contributed by atoms with Gasteiger partial charge in [-0.1, -0.05) is 54.1 Å². The molecule has 0 N–H and O–H groups in total. The number of sulfonamides is 1. The smallest absolute Gasteiger partial charge is 0.207 e. The van der Waals surface area contributed by atoms with Crippen LogP contribution < -0.4 is 0 Å². The van der Waals surface area contributed by atoms with Crippen molar-refractivity contribution in [3.63, 3.8) is 0 Å². The summed E-state index contributed by atoms with van der Waals surface area (Å²) in [6.45, 7) is 3.02. The first-order valence-corrected chi connectivity index (χ1v) is 9.33. The van der Waals surface area contributed by atoms with Crippen molar-refractivity contribution in [1.29, 1.82) is 0 Å². The van der Waals surface area contributed by atoms with Crippen molar-refractivity contribution in [2.45, 2.75) is 24.7 Å². The van der Waals surface area contributed by atoms with Gasteiger partial charge in [-0.2, -0.15) is 4.31 Å². The molecule has 3 nitrogen and oxygen atoms in total. The number of aryl methyl sites for hydroxylation is 1. The van der Waals surface area contributed by atoms with E-state index < -0.39 is 10.0 Å². The Bertz CT molecular complexity index is 793. The van der Waals surface area contributed by atoms with Gasteiger partial charge in [0.2, 0.25) is 10.0 Å². The average Bonchev–Trinajstić information content (AvgIpc) is 2.83. The van der Waals surface area contributed by atoms with Crippen LogP contribution >= 0.6 is 0 Å². The predicted molar refractivity (Wildman–Crippen MR) is 93.6 cm³/mol. The van der Waals surface area contributed by atoms with Crippen LogP contribution in [0, 0.1) is 6.92 Å². The van der Waals surface area contributed by atoms with Crippen LogP contribution in [-0.2, 0) is 10.0 Å². The van der Waals surface area contributed by atoms with Gasteiger partial charge in [-0.15, -0.1) is 0 Å². The van der Waals surface area contributed by atoms with Crippen molar-refractivity contribution in [1.82, 2.24) is 4.31 Å². The summed E-state index contributed by atoms with van der Waals surface area (Å²) >= 11 is 0. The van der Waals surface area contributed by atoms with Crippen LogP contribution in [0.2, 0.25) is 0 Å². The molecular weight excluding hydrogens is 306 g/mol. The van der Waals surface area contributed by atoms with Crippen LogP contribution in [0.4, 0.5) is 0 Å². The Labute approximate surface area is 138 Å². The summed E-state index contributed by atoms with van der Waals surface area (Å²) in [4.78, 5) is 0.381. The topological polar surface area (TPSA) is 37.4 Å². The first kappa shape index (κ1) is 16.0. The van der Waals surface area contributed by atoms with E-state index in [9.17, 15) is 8.42 Å². The zero-order chi connectivity index (χ0) is 16.3. The lowest BCUT2D eigenvalue weighted by molar-refractivity contribution is 0.429. The van der Waals surface area contributed by atoms with Crippen molar-refractivity contribution in [3.8, 4) is 0 Å². The Kier molecular flexibility index (Phi) is 4.64. The lowest BCUT2D eigenvalue weighted by Crippen LogP contribution is -2.32. The van der Waals surface area contributed by atoms with Crippen LogP contribution in [0.15, 0.2) is 65.6 Å². The molecule has 0 spiro atoms. The van der Waals surface area contributed by atoms with E-state index in [0.29, 0.717) is 18.0 Å². The molecule has 0 amide bonds. The van der Waals surface area contributed by atoms with Gasteiger partial charge >= 0.3 is 0 Å². The lowest BCUT2D eigenvalue weighted by Gasteiger charge is -2.20. The molecule has 0 radical (unpaired) electrons. The van der Waals surface area contributed by atoms with Crippen molar-refractivity contribution >= 4 is 15.6 Å². The maximum absolute atomic E-state index is 12.8. The van der Waals surface area contributed by atoms with E-state index in [1.807, 2.05) is 37.3 Å². The molecule has 0 saturated heterocycles. The lowest BCUT2D eigenvalue weighted by atomic mass is 10.0. The van der Waals surface area contributed by atoms with E-state index in [4.69, 9.17) is 0 Å². The Balaban J connectivity index is 1.78. The van der Waals surface area contributed by atoms with Crippen LogP contribution in [0.5, 0.6) is 0 Å². The first-order chi connectivity index (χ1) is 11.1. The minimum absolute atomic E-state index is 0.381. The predicted octanol–water partition coefficient (Wildman–Crippen LogP) is 3.86. The molecule has 1 aliphatic rings. The van der Waals surface area contributed by atoms with Gasteiger partial charge in [0.15, 0.2) is 0 Å². The summed E-state index contributed by atoms with van der Waals surface area (Å²) in [6, 6.07) is 17.3. The van der Waals surface area contributed by atoms with Gasteiger partial charge in [0.25, 0.3) is 0 Å². The molecule has 0 aliphatic carbocycles. The van der Waals surface area contributed by atoms with Crippen molar-refractivity contribution in [3.05, 3.63) is 71.8 Å². The highest BCUT2D eigenvalue weighted by Gasteiger charge is 2.25. The molecule has 2 aromatic rings. The minimum Gasteiger partial charge on any atom is -0.207 e. The maximum Gasteiger partial charge on any atom is 0.243 e. The Morgan fingerprint density at radius 3 is 2.30 bits per heavy atom. The molecule has 3 rings (SSSR count). The summed E-state index contributed by atoms with van der Waals surface area (Å²) in [5.74, 6) is 0. The average molecular weight is 327 g/mol. The van der Waals surface area contributed by atoms with Crippen LogP contribution in [-0.4, -0.2) is 25.8 Å². The molecular formula is C19H21NO2S. The fourth-order valence-corrected chi connectivity index (χ4v) is 4.31. The van der Waals surface area contributed by atoms with Gasteiger partial charge in [0, 0.05) is 13.1 Å². The second kappa shape index (κ2) is 6.69. The second-order valence-electron chi connectivity index (χ2n) is 5.85. The largest absolute Gasteiger partial charge is 0.243 e. The molecule has 1 heterocycles. The Morgan fingerprint density at radius 2 is 1.61 bits per heavy atom. The summed E-state index contributed by atoms with van der Waals surface area (Å²) in [5, 5.41) is 0. The first-order valence-electron chi connectivity index (χ1n) is 7.89. The molecule has 120 valence electrons. The third kappa shape index (κ3) is 3.54. The van der Waals surface area contributed by atoms with Gasteiger partial charge in [-0.25, -0.2) is 8.42 Å². The third-order valence-electron chi connectivity index (χ3n) is 4.20. The van der Waals surface area contributed by atoms with Crippen LogP contribution in [0.25, 0.3) is 5.57 Å². The van der Waals surface area contributed by atoms with Gasteiger partial charge in [-0.3, -0.25) is 0 Å². The van der Waals surface area contributed by atoms with Crippen LogP contribution in [0.3, 0.4) is 0 Å². The monoisotopic (exact) mass is 327 g/mol. The molecule has 23 heavy (non-hydrogen) atoms. The van der Waals surface area contributed by atoms with Gasteiger partial charge < -0.3 is 0 Å². The highest BCUT2D eigenvalue weighted by Crippen LogP contribution is 2.25. The number of hydrogen-bond donors (Lipinski definition) is 0. The van der Waals surface area contributed by atoms with E-state index in [2.05, 4.69) is 18.2 Å². The number of benzene rings is 2. The van der Waals surface area contributed by atoms with Gasteiger partial charge in [0.05, 0.1) is 4.90 Å². The van der Waals surface area contributed by atoms with Crippen molar-refractivity contribution in [2.24, 2.45) is 0 Å². The van der Waals surface area contributed by atoms with Crippen molar-refractivity contribution < 1.29 is 8.42 Å². The highest BCUT2D eigenvalue weighted by atomic mass is 32.2. The number of hydrogen-bond acceptors (Lipinski definition) is 2. The van der Waals surface area contributed by atoms with E-state index in [0.717, 1.165) is 18.4 Å². The van der Waals surface area contributed by atoms with Gasteiger partial charge in [0.1, 0.15) is 0 Å². The van der Waals surface area contributed by atoms with E-state index in [-0.39, 0.29) is 0 Å². The van der Waals surface area contributed by atoms with Crippen molar-refractivity contribution in [2.75, 3.05) is 13.1 Å². The number of rotatable bonds is 3. The van der Waals surface area contributed by atoms with E-state index >= 15 is 0 Å². The molecule has 4 heteroatoms. The summed E-state index contributed by atoms with van der Waals surface area (Å²) in [7, 11) is -3.41. The quantitative estimate of drug-likeness (QED) is 0.858. The molecule has 0 unspecified atom stereocenters. The van der Waals surface area contributed by atoms with E-state index in [1.54, 1.807) is 16.4 Å². The molecule has 0 aromatic heterocycles. The van der Waals surface area contributed by atoms with Crippen LogP contribution in [0.1, 0.15) is 24.0 Å². The summed E-state index contributed by atoms with van der Waals surface area (Å²) in [6.07, 6.45) is 3.66. The molecule has 0 atom stereocenters. The third-order valence-corrected chi connectivity index (χ3v) is 6.12. The summed E-state index contributed by atoms with van der Waals surface area (Å²) in [5.41, 5.74) is 3.47. The molecule has 0 fully saturated rings. The maximum atomic E-state index is 12.8. The fourth-order valence-electron chi connectivity index (χ4n) is 2.86. The molecule has 2 aromatic carbocycles. The summed E-state index contributed by atoms with van der Waals surface area (Å²) < 4.78 is 27.2. The number of nitrogens with zero attached hydrogens (tertiary/aromatic N) is 1.